The van der Waals surface area contributed by atoms with Crippen molar-refractivity contribution in [3.63, 3.8) is 0 Å². The summed E-state index contributed by atoms with van der Waals surface area (Å²) in [5.41, 5.74) is 2.10. The van der Waals surface area contributed by atoms with Crippen molar-refractivity contribution in [2.75, 3.05) is 0 Å². The van der Waals surface area contributed by atoms with E-state index in [2.05, 4.69) is 17.4 Å². The van der Waals surface area contributed by atoms with Gasteiger partial charge < -0.3 is 10.1 Å². The van der Waals surface area contributed by atoms with E-state index in [0.29, 0.717) is 5.92 Å². The molecule has 1 amide bonds. The van der Waals surface area contributed by atoms with Gasteiger partial charge in [-0.15, -0.1) is 0 Å². The van der Waals surface area contributed by atoms with E-state index in [1.165, 1.54) is 19.3 Å². The van der Waals surface area contributed by atoms with Crippen LogP contribution in [0.5, 0.6) is 11.5 Å². The molecule has 3 aliphatic rings. The lowest BCUT2D eigenvalue weighted by Gasteiger charge is -2.30. The summed E-state index contributed by atoms with van der Waals surface area (Å²) in [4.78, 5) is 13.0. The Bertz CT molecular complexity index is 754. The number of nitrogens with one attached hydrogen (secondary N) is 1. The molecule has 2 aromatic carbocycles. The second-order valence-corrected chi connectivity index (χ2v) is 7.40. The number of fused-ring (bicyclic) bond motifs is 4. The van der Waals surface area contributed by atoms with Gasteiger partial charge >= 0.3 is 0 Å². The average Bonchev–Trinajstić information content (AvgIpc) is 3.25. The molecule has 0 saturated heterocycles. The third-order valence-electron chi connectivity index (χ3n) is 6.04. The standard InChI is InChI=1S/C21H21NO2/c23-21(17-12-13-9-10-14(17)11-13)22-20-15-5-1-3-7-18(15)24-19-8-4-2-6-16(19)20/h1-8,13-14,17,20H,9-12H2,(H,22,23). The van der Waals surface area contributed by atoms with Crippen molar-refractivity contribution < 1.29 is 9.53 Å². The van der Waals surface area contributed by atoms with Gasteiger partial charge in [0.25, 0.3) is 0 Å². The zero-order chi connectivity index (χ0) is 16.1. The molecule has 1 aliphatic heterocycles. The molecule has 1 N–H and O–H groups in total. The first-order valence-corrected chi connectivity index (χ1v) is 8.95. The van der Waals surface area contributed by atoms with Gasteiger partial charge in [0.2, 0.25) is 5.91 Å². The van der Waals surface area contributed by atoms with Crippen LogP contribution in [0.4, 0.5) is 0 Å². The van der Waals surface area contributed by atoms with Crippen LogP contribution in [0.2, 0.25) is 0 Å². The van der Waals surface area contributed by atoms with Crippen LogP contribution >= 0.6 is 0 Å². The van der Waals surface area contributed by atoms with E-state index in [0.717, 1.165) is 35.0 Å². The molecule has 122 valence electrons. The zero-order valence-electron chi connectivity index (χ0n) is 13.6. The van der Waals surface area contributed by atoms with E-state index in [1.54, 1.807) is 0 Å². The number of carbonyl (C=O) groups is 1. The summed E-state index contributed by atoms with van der Waals surface area (Å²) >= 11 is 0. The lowest BCUT2D eigenvalue weighted by Crippen LogP contribution is -2.37. The van der Waals surface area contributed by atoms with Crippen LogP contribution in [0.3, 0.4) is 0 Å². The highest BCUT2D eigenvalue weighted by molar-refractivity contribution is 5.81. The number of hydrogen-bond acceptors (Lipinski definition) is 2. The first-order chi connectivity index (χ1) is 11.8. The van der Waals surface area contributed by atoms with Gasteiger partial charge in [-0.1, -0.05) is 42.8 Å². The fourth-order valence-corrected chi connectivity index (χ4v) is 4.88. The number of hydrogen-bond donors (Lipinski definition) is 1. The van der Waals surface area contributed by atoms with Crippen molar-refractivity contribution in [2.24, 2.45) is 17.8 Å². The molecule has 2 aromatic rings. The highest BCUT2D eigenvalue weighted by atomic mass is 16.5. The summed E-state index contributed by atoms with van der Waals surface area (Å²) in [6, 6.07) is 15.9. The third-order valence-corrected chi connectivity index (χ3v) is 6.04. The molecule has 3 nitrogen and oxygen atoms in total. The van der Waals surface area contributed by atoms with Crippen LogP contribution in [-0.2, 0) is 4.79 Å². The molecule has 2 bridgehead atoms. The van der Waals surface area contributed by atoms with Gasteiger partial charge in [-0.2, -0.15) is 0 Å². The summed E-state index contributed by atoms with van der Waals surface area (Å²) in [7, 11) is 0. The number of para-hydroxylation sites is 2. The topological polar surface area (TPSA) is 38.3 Å². The van der Waals surface area contributed by atoms with Crippen LogP contribution in [0.25, 0.3) is 0 Å². The molecule has 0 radical (unpaired) electrons. The van der Waals surface area contributed by atoms with E-state index in [-0.39, 0.29) is 17.9 Å². The second kappa shape index (κ2) is 5.37. The first-order valence-electron chi connectivity index (χ1n) is 8.95. The Morgan fingerprint density at radius 2 is 1.58 bits per heavy atom. The van der Waals surface area contributed by atoms with Crippen molar-refractivity contribution in [3.8, 4) is 11.5 Å². The summed E-state index contributed by atoms with van der Waals surface area (Å²) in [6.07, 6.45) is 4.86. The quantitative estimate of drug-likeness (QED) is 0.889. The van der Waals surface area contributed by atoms with Gasteiger partial charge in [0.15, 0.2) is 0 Å². The minimum atomic E-state index is -0.113. The lowest BCUT2D eigenvalue weighted by molar-refractivity contribution is -0.127. The normalized spacial score (nSPS) is 27.2. The Balaban J connectivity index is 1.48. The molecule has 0 spiro atoms. The van der Waals surface area contributed by atoms with Crippen LogP contribution in [0.1, 0.15) is 42.9 Å². The number of carbonyl (C=O) groups excluding carboxylic acids is 1. The molecule has 24 heavy (non-hydrogen) atoms. The van der Waals surface area contributed by atoms with E-state index in [9.17, 15) is 4.79 Å². The van der Waals surface area contributed by atoms with E-state index < -0.39 is 0 Å². The molecule has 3 atom stereocenters. The largest absolute Gasteiger partial charge is 0.457 e. The van der Waals surface area contributed by atoms with Gasteiger partial charge in [0.05, 0.1) is 6.04 Å². The minimum absolute atomic E-state index is 0.113. The predicted molar refractivity (Wildman–Crippen MR) is 91.9 cm³/mol. The number of ether oxygens (including phenoxy) is 1. The van der Waals surface area contributed by atoms with Gasteiger partial charge in [-0.3, -0.25) is 4.79 Å². The Morgan fingerprint density at radius 3 is 2.17 bits per heavy atom. The Kier molecular flexibility index (Phi) is 3.15. The highest BCUT2D eigenvalue weighted by Gasteiger charge is 2.44. The fraction of sp³-hybridized carbons (Fsp3) is 0.381. The zero-order valence-corrected chi connectivity index (χ0v) is 13.6. The summed E-state index contributed by atoms with van der Waals surface area (Å²) < 4.78 is 6.01. The molecule has 0 aromatic heterocycles. The molecule has 1 heterocycles. The van der Waals surface area contributed by atoms with Crippen LogP contribution in [-0.4, -0.2) is 5.91 Å². The van der Waals surface area contributed by atoms with E-state index in [1.807, 2.05) is 36.4 Å². The number of benzene rings is 2. The Hall–Kier alpha value is -2.29. The third kappa shape index (κ3) is 2.15. The maximum atomic E-state index is 13.0. The minimum Gasteiger partial charge on any atom is -0.457 e. The summed E-state index contributed by atoms with van der Waals surface area (Å²) in [6.45, 7) is 0. The van der Waals surface area contributed by atoms with Crippen molar-refractivity contribution in [1.29, 1.82) is 0 Å². The molecular formula is C21H21NO2. The average molecular weight is 319 g/mol. The van der Waals surface area contributed by atoms with Gasteiger partial charge in [0, 0.05) is 17.0 Å². The van der Waals surface area contributed by atoms with Crippen molar-refractivity contribution in [2.45, 2.75) is 31.7 Å². The van der Waals surface area contributed by atoms with Gasteiger partial charge in [0.1, 0.15) is 11.5 Å². The summed E-state index contributed by atoms with van der Waals surface area (Å²) in [5.74, 6) is 3.48. The highest BCUT2D eigenvalue weighted by Crippen LogP contribution is 2.49. The Labute approximate surface area is 142 Å². The maximum Gasteiger partial charge on any atom is 0.224 e. The molecule has 5 rings (SSSR count). The van der Waals surface area contributed by atoms with Crippen LogP contribution in [0, 0.1) is 17.8 Å². The van der Waals surface area contributed by atoms with Gasteiger partial charge in [-0.25, -0.2) is 0 Å². The lowest BCUT2D eigenvalue weighted by atomic mass is 9.87. The first kappa shape index (κ1) is 14.1. The van der Waals surface area contributed by atoms with Crippen molar-refractivity contribution in [3.05, 3.63) is 59.7 Å². The Morgan fingerprint density at radius 1 is 0.917 bits per heavy atom. The predicted octanol–water partition coefficient (Wildman–Crippen LogP) is 4.43. The van der Waals surface area contributed by atoms with Gasteiger partial charge in [-0.05, 0) is 43.2 Å². The molecule has 2 saturated carbocycles. The molecule has 3 heteroatoms. The molecule has 2 fully saturated rings. The number of amides is 1. The molecule has 3 unspecified atom stereocenters. The molecule has 2 aliphatic carbocycles. The van der Waals surface area contributed by atoms with Crippen molar-refractivity contribution >= 4 is 5.91 Å². The maximum absolute atomic E-state index is 13.0. The van der Waals surface area contributed by atoms with Crippen molar-refractivity contribution in [1.82, 2.24) is 5.32 Å². The SMILES string of the molecule is O=C(NC1c2ccccc2Oc2ccccc21)C1CC2CCC1C2. The van der Waals surface area contributed by atoms with Crippen LogP contribution in [0.15, 0.2) is 48.5 Å². The monoisotopic (exact) mass is 319 g/mol. The second-order valence-electron chi connectivity index (χ2n) is 7.40. The van der Waals surface area contributed by atoms with Crippen LogP contribution < -0.4 is 10.1 Å². The number of rotatable bonds is 2. The van der Waals surface area contributed by atoms with E-state index >= 15 is 0 Å². The smallest absolute Gasteiger partial charge is 0.224 e. The summed E-state index contributed by atoms with van der Waals surface area (Å²) in [5, 5.41) is 3.34. The molecular weight excluding hydrogens is 298 g/mol. The van der Waals surface area contributed by atoms with E-state index in [4.69, 9.17) is 4.74 Å². The fourth-order valence-electron chi connectivity index (χ4n) is 4.88.